The lowest BCUT2D eigenvalue weighted by atomic mass is 10.1. The van der Waals surface area contributed by atoms with Crippen molar-refractivity contribution in [1.29, 1.82) is 0 Å². The van der Waals surface area contributed by atoms with Crippen molar-refractivity contribution in [2.24, 2.45) is 5.92 Å². The van der Waals surface area contributed by atoms with Gasteiger partial charge in [-0.3, -0.25) is 4.79 Å². The molecule has 70 valence electrons. The zero-order valence-corrected chi connectivity index (χ0v) is 8.41. The fourth-order valence-electron chi connectivity index (χ4n) is 1.30. The first kappa shape index (κ1) is 9.16. The van der Waals surface area contributed by atoms with Crippen molar-refractivity contribution < 1.29 is 4.79 Å². The molecule has 0 atom stereocenters. The van der Waals surface area contributed by atoms with Crippen LogP contribution in [0.4, 0.5) is 0 Å². The predicted molar refractivity (Wildman–Crippen MR) is 60.5 cm³/mol. The van der Waals surface area contributed by atoms with E-state index >= 15 is 0 Å². The molecule has 1 heterocycles. The van der Waals surface area contributed by atoms with Gasteiger partial charge in [0.1, 0.15) is 0 Å². The molecule has 1 aliphatic rings. The Morgan fingerprint density at radius 3 is 2.50 bits per heavy atom. The molecule has 0 saturated heterocycles. The standard InChI is InChI=1S/C12H10OS/c13-9-12-8-7-11(14-12)6-5-10-3-1-2-4-10/h1-10H/b6-5+. The fourth-order valence-corrected chi connectivity index (χ4v) is 2.04. The van der Waals surface area contributed by atoms with E-state index in [9.17, 15) is 4.79 Å². The molecule has 0 fully saturated rings. The third kappa shape index (κ3) is 2.09. The molecule has 0 N–H and O–H groups in total. The summed E-state index contributed by atoms with van der Waals surface area (Å²) in [5, 5.41) is 0. The second-order valence-corrected chi connectivity index (χ2v) is 4.21. The second kappa shape index (κ2) is 4.20. The topological polar surface area (TPSA) is 17.1 Å². The third-order valence-corrected chi connectivity index (χ3v) is 3.00. The first-order chi connectivity index (χ1) is 6.88. The van der Waals surface area contributed by atoms with Gasteiger partial charge >= 0.3 is 0 Å². The molecule has 1 nitrogen and oxygen atoms in total. The molecular formula is C12H10OS. The van der Waals surface area contributed by atoms with Crippen LogP contribution < -0.4 is 0 Å². The van der Waals surface area contributed by atoms with Gasteiger partial charge < -0.3 is 0 Å². The van der Waals surface area contributed by atoms with E-state index in [-0.39, 0.29) is 0 Å². The van der Waals surface area contributed by atoms with Gasteiger partial charge in [0.15, 0.2) is 6.29 Å². The van der Waals surface area contributed by atoms with Crippen molar-refractivity contribution >= 4 is 23.7 Å². The fraction of sp³-hybridized carbons (Fsp3) is 0.0833. The van der Waals surface area contributed by atoms with E-state index in [1.165, 1.54) is 11.3 Å². The Kier molecular flexibility index (Phi) is 2.75. The van der Waals surface area contributed by atoms with Crippen LogP contribution in [-0.2, 0) is 0 Å². The molecule has 0 radical (unpaired) electrons. The molecule has 0 aliphatic heterocycles. The minimum absolute atomic E-state index is 0.414. The number of allylic oxidation sites excluding steroid dienone is 5. The smallest absolute Gasteiger partial charge is 0.160 e. The van der Waals surface area contributed by atoms with Gasteiger partial charge in [0, 0.05) is 10.8 Å². The van der Waals surface area contributed by atoms with E-state index in [1.807, 2.05) is 24.3 Å². The molecule has 0 aromatic carbocycles. The number of hydrogen-bond donors (Lipinski definition) is 0. The SMILES string of the molecule is O=Cc1ccc(/C=C/C2C=CC=C2)s1. The Hall–Kier alpha value is -1.41. The molecule has 0 amide bonds. The Labute approximate surface area is 87.1 Å². The molecule has 0 saturated carbocycles. The lowest BCUT2D eigenvalue weighted by molar-refractivity contribution is 0.112. The van der Waals surface area contributed by atoms with Gasteiger partial charge in [0.05, 0.1) is 4.88 Å². The van der Waals surface area contributed by atoms with E-state index in [1.54, 1.807) is 0 Å². The molecule has 1 aliphatic carbocycles. The molecule has 0 bridgehead atoms. The summed E-state index contributed by atoms with van der Waals surface area (Å²) in [6.07, 6.45) is 13.4. The molecule has 2 rings (SSSR count). The summed E-state index contributed by atoms with van der Waals surface area (Å²) in [5.74, 6) is 0.414. The largest absolute Gasteiger partial charge is 0.297 e. The Morgan fingerprint density at radius 2 is 1.86 bits per heavy atom. The van der Waals surface area contributed by atoms with Crippen molar-refractivity contribution in [3.63, 3.8) is 0 Å². The minimum Gasteiger partial charge on any atom is -0.297 e. The van der Waals surface area contributed by atoms with Crippen LogP contribution in [0.5, 0.6) is 0 Å². The predicted octanol–water partition coefficient (Wildman–Crippen LogP) is 3.32. The average molecular weight is 202 g/mol. The summed E-state index contributed by atoms with van der Waals surface area (Å²) in [7, 11) is 0. The molecular weight excluding hydrogens is 192 g/mol. The summed E-state index contributed by atoms with van der Waals surface area (Å²) in [5.41, 5.74) is 0. The normalized spacial score (nSPS) is 15.7. The number of thiophene rings is 1. The van der Waals surface area contributed by atoms with Crippen molar-refractivity contribution in [1.82, 2.24) is 0 Å². The highest BCUT2D eigenvalue weighted by Crippen LogP contribution is 2.18. The van der Waals surface area contributed by atoms with Gasteiger partial charge in [0.2, 0.25) is 0 Å². The first-order valence-corrected chi connectivity index (χ1v) is 5.28. The molecule has 14 heavy (non-hydrogen) atoms. The maximum absolute atomic E-state index is 10.4. The minimum atomic E-state index is 0.414. The van der Waals surface area contributed by atoms with Gasteiger partial charge in [-0.25, -0.2) is 0 Å². The lowest BCUT2D eigenvalue weighted by Gasteiger charge is -1.93. The maximum Gasteiger partial charge on any atom is 0.160 e. The van der Waals surface area contributed by atoms with Gasteiger partial charge in [-0.05, 0) is 18.2 Å². The highest BCUT2D eigenvalue weighted by Gasteiger charge is 1.99. The van der Waals surface area contributed by atoms with Gasteiger partial charge in [0.25, 0.3) is 0 Å². The summed E-state index contributed by atoms with van der Waals surface area (Å²) < 4.78 is 0. The van der Waals surface area contributed by atoms with Crippen LogP contribution in [0.25, 0.3) is 6.08 Å². The monoisotopic (exact) mass is 202 g/mol. The third-order valence-electron chi connectivity index (χ3n) is 2.02. The summed E-state index contributed by atoms with van der Waals surface area (Å²) in [6.45, 7) is 0. The highest BCUT2D eigenvalue weighted by atomic mass is 32.1. The zero-order chi connectivity index (χ0) is 9.80. The van der Waals surface area contributed by atoms with Crippen molar-refractivity contribution in [2.75, 3.05) is 0 Å². The first-order valence-electron chi connectivity index (χ1n) is 4.47. The molecule has 2 heteroatoms. The van der Waals surface area contributed by atoms with E-state index in [0.717, 1.165) is 16.0 Å². The van der Waals surface area contributed by atoms with Crippen LogP contribution in [-0.4, -0.2) is 6.29 Å². The molecule has 1 aromatic rings. The van der Waals surface area contributed by atoms with Gasteiger partial charge in [-0.15, -0.1) is 11.3 Å². The van der Waals surface area contributed by atoms with Crippen molar-refractivity contribution in [3.05, 3.63) is 52.3 Å². The summed E-state index contributed by atoms with van der Waals surface area (Å²) >= 11 is 1.51. The van der Waals surface area contributed by atoms with Gasteiger partial charge in [-0.1, -0.05) is 30.4 Å². The Bertz CT molecular complexity index is 398. The maximum atomic E-state index is 10.4. The number of hydrogen-bond acceptors (Lipinski definition) is 2. The molecule has 1 aromatic heterocycles. The van der Waals surface area contributed by atoms with E-state index in [2.05, 4.69) is 24.3 Å². The van der Waals surface area contributed by atoms with Gasteiger partial charge in [-0.2, -0.15) is 0 Å². The van der Waals surface area contributed by atoms with Crippen LogP contribution in [0, 0.1) is 5.92 Å². The van der Waals surface area contributed by atoms with E-state index in [0.29, 0.717) is 5.92 Å². The highest BCUT2D eigenvalue weighted by molar-refractivity contribution is 7.14. The molecule has 0 unspecified atom stereocenters. The van der Waals surface area contributed by atoms with Crippen LogP contribution in [0.1, 0.15) is 14.5 Å². The number of carbonyl (C=O) groups excluding carboxylic acids is 1. The van der Waals surface area contributed by atoms with Crippen LogP contribution >= 0.6 is 11.3 Å². The van der Waals surface area contributed by atoms with Crippen LogP contribution in [0.15, 0.2) is 42.5 Å². The quantitative estimate of drug-likeness (QED) is 0.687. The number of rotatable bonds is 3. The Balaban J connectivity index is 2.06. The summed E-state index contributed by atoms with van der Waals surface area (Å²) in [4.78, 5) is 12.3. The second-order valence-electron chi connectivity index (χ2n) is 3.06. The van der Waals surface area contributed by atoms with E-state index < -0.39 is 0 Å². The number of carbonyl (C=O) groups is 1. The van der Waals surface area contributed by atoms with Crippen molar-refractivity contribution in [3.8, 4) is 0 Å². The zero-order valence-electron chi connectivity index (χ0n) is 7.59. The lowest BCUT2D eigenvalue weighted by Crippen LogP contribution is -1.78. The van der Waals surface area contributed by atoms with Crippen LogP contribution in [0.2, 0.25) is 0 Å². The van der Waals surface area contributed by atoms with E-state index in [4.69, 9.17) is 0 Å². The summed E-state index contributed by atoms with van der Waals surface area (Å²) in [6, 6.07) is 3.81. The molecule has 0 spiro atoms. The number of aldehydes is 1. The average Bonchev–Trinajstić information content (AvgIpc) is 2.86. The Morgan fingerprint density at radius 1 is 1.14 bits per heavy atom. The van der Waals surface area contributed by atoms with Crippen LogP contribution in [0.3, 0.4) is 0 Å². The van der Waals surface area contributed by atoms with Crippen molar-refractivity contribution in [2.45, 2.75) is 0 Å².